The molecule has 6 heteroatoms. The fourth-order valence-corrected chi connectivity index (χ4v) is 3.47. The number of amidine groups is 1. The second-order valence-electron chi connectivity index (χ2n) is 6.10. The van der Waals surface area contributed by atoms with E-state index in [1.807, 2.05) is 42.5 Å². The number of amides is 1. The van der Waals surface area contributed by atoms with Crippen LogP contribution in [0.3, 0.4) is 0 Å². The minimum Gasteiger partial charge on any atom is -0.383 e. The maximum atomic E-state index is 11.2. The van der Waals surface area contributed by atoms with Gasteiger partial charge in [0.2, 0.25) is 0 Å². The molecule has 0 unspecified atom stereocenters. The van der Waals surface area contributed by atoms with Gasteiger partial charge in [-0.15, -0.1) is 0 Å². The van der Waals surface area contributed by atoms with Crippen molar-refractivity contribution in [3.63, 3.8) is 0 Å². The van der Waals surface area contributed by atoms with E-state index in [1.165, 1.54) is 11.6 Å². The minimum atomic E-state index is -0.284. The number of aliphatic imine (C=N–C) groups is 2. The van der Waals surface area contributed by atoms with Gasteiger partial charge in [-0.3, -0.25) is 4.79 Å². The summed E-state index contributed by atoms with van der Waals surface area (Å²) in [6.45, 7) is 2.09. The highest BCUT2D eigenvalue weighted by Crippen LogP contribution is 2.24. The highest BCUT2D eigenvalue weighted by Gasteiger charge is 2.15. The van der Waals surface area contributed by atoms with Crippen molar-refractivity contribution >= 4 is 44.8 Å². The second-order valence-corrected chi connectivity index (χ2v) is 6.96. The van der Waals surface area contributed by atoms with Crippen LogP contribution >= 0.6 is 15.9 Å². The van der Waals surface area contributed by atoms with E-state index >= 15 is 0 Å². The molecule has 136 valence electrons. The number of nitrogens with two attached hydrogens (primary N) is 1. The topological polar surface area (TPSA) is 91.7 Å². The standard InChI is InChI=1S/C21H19BrN4O/c1-2-13-7-8-14(11-18(13)22)26-21(24)17-6-4-3-5-16(17)19(23)12-15-9-10-20(27)25-15/h3-11,23H,2,12H2,1H3,(H2,24,26). The van der Waals surface area contributed by atoms with Crippen molar-refractivity contribution < 1.29 is 4.79 Å². The molecule has 1 aliphatic heterocycles. The molecule has 0 radical (unpaired) electrons. The third-order valence-corrected chi connectivity index (χ3v) is 4.96. The fourth-order valence-electron chi connectivity index (χ4n) is 2.82. The largest absolute Gasteiger partial charge is 0.383 e. The summed E-state index contributed by atoms with van der Waals surface area (Å²) in [7, 11) is 0. The number of hydrogen-bond donors (Lipinski definition) is 2. The normalized spacial score (nSPS) is 13.8. The van der Waals surface area contributed by atoms with Crippen molar-refractivity contribution in [1.82, 2.24) is 0 Å². The molecule has 0 saturated carbocycles. The molecule has 0 aliphatic carbocycles. The Bertz CT molecular complexity index is 1000. The predicted octanol–water partition coefficient (Wildman–Crippen LogP) is 4.34. The van der Waals surface area contributed by atoms with Crippen LogP contribution in [0, 0.1) is 5.41 Å². The number of benzene rings is 2. The molecule has 0 spiro atoms. The summed E-state index contributed by atoms with van der Waals surface area (Å²) in [4.78, 5) is 19.6. The molecule has 1 aliphatic rings. The smallest absolute Gasteiger partial charge is 0.270 e. The van der Waals surface area contributed by atoms with Gasteiger partial charge in [0.05, 0.1) is 11.4 Å². The summed E-state index contributed by atoms with van der Waals surface area (Å²) >= 11 is 3.55. The molecule has 27 heavy (non-hydrogen) atoms. The van der Waals surface area contributed by atoms with Crippen LogP contribution in [0.25, 0.3) is 0 Å². The summed E-state index contributed by atoms with van der Waals surface area (Å²) in [6, 6.07) is 13.3. The van der Waals surface area contributed by atoms with Crippen molar-refractivity contribution in [3.05, 3.63) is 75.8 Å². The van der Waals surface area contributed by atoms with Crippen molar-refractivity contribution in [2.75, 3.05) is 0 Å². The Morgan fingerprint density at radius 1 is 1.19 bits per heavy atom. The molecule has 0 aromatic heterocycles. The highest BCUT2D eigenvalue weighted by molar-refractivity contribution is 9.10. The average molecular weight is 423 g/mol. The lowest BCUT2D eigenvalue weighted by molar-refractivity contribution is -0.113. The zero-order chi connectivity index (χ0) is 19.4. The summed E-state index contributed by atoms with van der Waals surface area (Å²) in [5.74, 6) is 0.0553. The number of hydrogen-bond acceptors (Lipinski definition) is 3. The zero-order valence-electron chi connectivity index (χ0n) is 14.9. The molecule has 3 N–H and O–H groups in total. The summed E-state index contributed by atoms with van der Waals surface area (Å²) in [6.07, 6.45) is 4.25. The number of aryl methyl sites for hydroxylation is 1. The summed E-state index contributed by atoms with van der Waals surface area (Å²) in [5, 5.41) is 8.42. The lowest BCUT2D eigenvalue weighted by atomic mass is 9.98. The van der Waals surface area contributed by atoms with Crippen LogP contribution in [-0.4, -0.2) is 23.2 Å². The van der Waals surface area contributed by atoms with Gasteiger partial charge in [0.1, 0.15) is 5.84 Å². The highest BCUT2D eigenvalue weighted by atomic mass is 79.9. The van der Waals surface area contributed by atoms with Gasteiger partial charge < -0.3 is 11.1 Å². The molecule has 0 atom stereocenters. The molecule has 2 aromatic rings. The first-order valence-corrected chi connectivity index (χ1v) is 9.36. The maximum absolute atomic E-state index is 11.2. The molecular weight excluding hydrogens is 404 g/mol. The van der Waals surface area contributed by atoms with Gasteiger partial charge >= 0.3 is 0 Å². The van der Waals surface area contributed by atoms with Crippen LogP contribution in [0.2, 0.25) is 0 Å². The van der Waals surface area contributed by atoms with Crippen LogP contribution in [0.4, 0.5) is 5.69 Å². The number of nitrogens with one attached hydrogen (secondary N) is 1. The molecule has 3 rings (SSSR count). The third kappa shape index (κ3) is 4.46. The SMILES string of the molecule is CCc1ccc(N=C(N)c2ccccc2C(=N)CC2=NC(=O)C=C2)cc1Br. The van der Waals surface area contributed by atoms with Crippen molar-refractivity contribution in [2.45, 2.75) is 19.8 Å². The third-order valence-electron chi connectivity index (χ3n) is 4.23. The first-order valence-electron chi connectivity index (χ1n) is 8.57. The Morgan fingerprint density at radius 2 is 1.93 bits per heavy atom. The molecule has 1 heterocycles. The van der Waals surface area contributed by atoms with Crippen molar-refractivity contribution in [3.8, 4) is 0 Å². The molecule has 0 saturated heterocycles. The van der Waals surface area contributed by atoms with E-state index < -0.39 is 0 Å². The van der Waals surface area contributed by atoms with Crippen LogP contribution in [0.5, 0.6) is 0 Å². The van der Waals surface area contributed by atoms with E-state index in [9.17, 15) is 4.79 Å². The zero-order valence-corrected chi connectivity index (χ0v) is 16.5. The van der Waals surface area contributed by atoms with Gasteiger partial charge in [0.25, 0.3) is 5.91 Å². The minimum absolute atomic E-state index is 0.267. The first-order chi connectivity index (χ1) is 13.0. The van der Waals surface area contributed by atoms with Gasteiger partial charge in [-0.05, 0) is 30.2 Å². The number of allylic oxidation sites excluding steroid dienone is 1. The maximum Gasteiger partial charge on any atom is 0.270 e. The second kappa shape index (κ2) is 8.22. The lowest BCUT2D eigenvalue weighted by Gasteiger charge is -2.10. The number of halogens is 1. The lowest BCUT2D eigenvalue weighted by Crippen LogP contribution is -2.18. The van der Waals surface area contributed by atoms with E-state index in [4.69, 9.17) is 11.1 Å². The molecule has 1 amide bonds. The van der Waals surface area contributed by atoms with E-state index in [-0.39, 0.29) is 12.3 Å². The Labute approximate surface area is 166 Å². The molecule has 0 bridgehead atoms. The van der Waals surface area contributed by atoms with Gasteiger partial charge in [-0.1, -0.05) is 53.2 Å². The van der Waals surface area contributed by atoms with Crippen LogP contribution in [0.15, 0.2) is 69.1 Å². The Morgan fingerprint density at radius 3 is 2.56 bits per heavy atom. The van der Waals surface area contributed by atoms with Crippen LogP contribution in [0.1, 0.15) is 30.0 Å². The summed E-state index contributed by atoms with van der Waals surface area (Å²) in [5.41, 5.74) is 10.5. The van der Waals surface area contributed by atoms with Crippen molar-refractivity contribution in [1.29, 1.82) is 5.41 Å². The quantitative estimate of drug-likeness (QED) is 0.534. The van der Waals surface area contributed by atoms with E-state index in [0.29, 0.717) is 28.4 Å². The van der Waals surface area contributed by atoms with Gasteiger partial charge in [0.15, 0.2) is 0 Å². The number of carbonyl (C=O) groups excluding carboxylic acids is 1. The van der Waals surface area contributed by atoms with E-state index in [2.05, 4.69) is 32.8 Å². The molecule has 5 nitrogen and oxygen atoms in total. The molecule has 2 aromatic carbocycles. The average Bonchev–Trinajstić information content (AvgIpc) is 3.06. The number of carbonyl (C=O) groups is 1. The predicted molar refractivity (Wildman–Crippen MR) is 113 cm³/mol. The van der Waals surface area contributed by atoms with Crippen LogP contribution < -0.4 is 5.73 Å². The van der Waals surface area contributed by atoms with Gasteiger partial charge in [0, 0.05) is 33.8 Å². The molecule has 0 fully saturated rings. The summed E-state index contributed by atoms with van der Waals surface area (Å²) < 4.78 is 0.996. The number of rotatable bonds is 6. The van der Waals surface area contributed by atoms with Gasteiger partial charge in [-0.25, -0.2) is 9.98 Å². The van der Waals surface area contributed by atoms with Crippen LogP contribution in [-0.2, 0) is 11.2 Å². The first kappa shape index (κ1) is 18.9. The Kier molecular flexibility index (Phi) is 5.76. The fraction of sp³-hybridized carbons (Fsp3) is 0.143. The Balaban J connectivity index is 1.89. The van der Waals surface area contributed by atoms with E-state index in [0.717, 1.165) is 16.6 Å². The number of nitrogens with zero attached hydrogens (tertiary/aromatic N) is 2. The van der Waals surface area contributed by atoms with Gasteiger partial charge in [-0.2, -0.15) is 0 Å². The molecular formula is C21H19BrN4O. The monoisotopic (exact) mass is 422 g/mol. The van der Waals surface area contributed by atoms with Crippen molar-refractivity contribution in [2.24, 2.45) is 15.7 Å². The van der Waals surface area contributed by atoms with E-state index in [1.54, 1.807) is 6.08 Å². The Hall–Kier alpha value is -2.86.